The molecule has 5 rings (SSSR count). The van der Waals surface area contributed by atoms with Gasteiger partial charge in [-0.2, -0.15) is 0 Å². The number of hydrogen-bond acceptors (Lipinski definition) is 8. The lowest BCUT2D eigenvalue weighted by Gasteiger charge is -2.18. The van der Waals surface area contributed by atoms with Crippen LogP contribution in [0.25, 0.3) is 11.1 Å². The van der Waals surface area contributed by atoms with Gasteiger partial charge in [-0.05, 0) is 25.5 Å². The first-order chi connectivity index (χ1) is 16.4. The van der Waals surface area contributed by atoms with Crippen LogP contribution in [0.3, 0.4) is 0 Å². The van der Waals surface area contributed by atoms with Crippen LogP contribution in [0.15, 0.2) is 24.5 Å². The largest absolute Gasteiger partial charge is 0.494 e. The summed E-state index contributed by atoms with van der Waals surface area (Å²) >= 11 is 7.50. The molecule has 11 heteroatoms. The maximum absolute atomic E-state index is 13.2. The number of thiazole rings is 1. The average Bonchev–Trinajstić information content (AvgIpc) is 3.55. The molecule has 0 bridgehead atoms. The SMILES string of the molecule is COc1cnc(Cl)cc1-c1cc(C)ncc1C(=O)Nc1nc2c(s1)CN(C(=O)[C@@H]1CCOC1)C2. The minimum absolute atomic E-state index is 0.0701. The van der Waals surface area contributed by atoms with E-state index in [0.717, 1.165) is 22.7 Å². The van der Waals surface area contributed by atoms with E-state index >= 15 is 0 Å². The molecule has 0 aliphatic carbocycles. The normalized spacial score (nSPS) is 17.0. The van der Waals surface area contributed by atoms with Crippen LogP contribution in [0.1, 0.15) is 33.0 Å². The zero-order chi connectivity index (χ0) is 23.8. The fourth-order valence-corrected chi connectivity index (χ4v) is 5.30. The summed E-state index contributed by atoms with van der Waals surface area (Å²) in [7, 11) is 1.53. The molecule has 2 aliphatic rings. The Hall–Kier alpha value is -3.08. The molecule has 1 fully saturated rings. The molecule has 1 atom stereocenters. The third-order valence-electron chi connectivity index (χ3n) is 5.89. The van der Waals surface area contributed by atoms with Crippen LogP contribution in [-0.4, -0.2) is 52.0 Å². The van der Waals surface area contributed by atoms with Crippen molar-refractivity contribution < 1.29 is 19.1 Å². The summed E-state index contributed by atoms with van der Waals surface area (Å²) in [4.78, 5) is 41.6. The highest BCUT2D eigenvalue weighted by atomic mass is 35.5. The van der Waals surface area contributed by atoms with Gasteiger partial charge in [-0.3, -0.25) is 19.9 Å². The molecule has 1 N–H and O–H groups in total. The van der Waals surface area contributed by atoms with E-state index in [-0.39, 0.29) is 22.9 Å². The molecule has 5 heterocycles. The number of methoxy groups -OCH3 is 1. The Morgan fingerprint density at radius 2 is 2.09 bits per heavy atom. The van der Waals surface area contributed by atoms with Gasteiger partial charge >= 0.3 is 0 Å². The molecule has 0 radical (unpaired) electrons. The van der Waals surface area contributed by atoms with Crippen molar-refractivity contribution in [1.82, 2.24) is 19.9 Å². The first-order valence-corrected chi connectivity index (χ1v) is 12.0. The Morgan fingerprint density at radius 3 is 2.82 bits per heavy atom. The number of rotatable bonds is 5. The van der Waals surface area contributed by atoms with Crippen molar-refractivity contribution in [2.75, 3.05) is 25.6 Å². The molecular formula is C23H22ClN5O4S. The van der Waals surface area contributed by atoms with Crippen LogP contribution in [0.4, 0.5) is 5.13 Å². The molecule has 2 aliphatic heterocycles. The van der Waals surface area contributed by atoms with E-state index in [2.05, 4.69) is 20.3 Å². The Kier molecular flexibility index (Phi) is 6.20. The molecule has 2 amide bonds. The maximum Gasteiger partial charge on any atom is 0.259 e. The molecule has 0 saturated carbocycles. The molecule has 0 aromatic carbocycles. The van der Waals surface area contributed by atoms with E-state index in [0.29, 0.717) is 53.9 Å². The fourth-order valence-electron chi connectivity index (χ4n) is 4.16. The van der Waals surface area contributed by atoms with Crippen LogP contribution in [0, 0.1) is 12.8 Å². The van der Waals surface area contributed by atoms with Gasteiger partial charge < -0.3 is 14.4 Å². The molecule has 176 valence electrons. The lowest BCUT2D eigenvalue weighted by molar-refractivity contribution is -0.136. The first kappa shape index (κ1) is 22.7. The highest BCUT2D eigenvalue weighted by molar-refractivity contribution is 7.16. The minimum Gasteiger partial charge on any atom is -0.494 e. The van der Waals surface area contributed by atoms with Gasteiger partial charge in [-0.1, -0.05) is 22.9 Å². The summed E-state index contributed by atoms with van der Waals surface area (Å²) in [5.41, 5.74) is 3.19. The topological polar surface area (TPSA) is 107 Å². The molecule has 0 unspecified atom stereocenters. The number of nitrogens with one attached hydrogen (secondary N) is 1. The number of aromatic nitrogens is 3. The average molecular weight is 500 g/mol. The fraction of sp³-hybridized carbons (Fsp3) is 0.348. The van der Waals surface area contributed by atoms with Crippen LogP contribution in [0.2, 0.25) is 5.15 Å². The summed E-state index contributed by atoms with van der Waals surface area (Å²) in [6.45, 7) is 3.91. The number of pyridine rings is 2. The summed E-state index contributed by atoms with van der Waals surface area (Å²) in [5, 5.41) is 3.66. The Morgan fingerprint density at radius 1 is 1.24 bits per heavy atom. The number of anilines is 1. The van der Waals surface area contributed by atoms with E-state index in [1.165, 1.54) is 30.8 Å². The van der Waals surface area contributed by atoms with Gasteiger partial charge in [0.25, 0.3) is 5.91 Å². The van der Waals surface area contributed by atoms with Crippen LogP contribution < -0.4 is 10.1 Å². The molecule has 34 heavy (non-hydrogen) atoms. The number of amides is 2. The van der Waals surface area contributed by atoms with E-state index < -0.39 is 0 Å². The van der Waals surface area contributed by atoms with Crippen molar-refractivity contribution in [3.05, 3.63) is 51.5 Å². The Labute approximate surface area is 205 Å². The number of aryl methyl sites for hydroxylation is 1. The third kappa shape index (κ3) is 4.36. The highest BCUT2D eigenvalue weighted by Crippen LogP contribution is 2.36. The van der Waals surface area contributed by atoms with Crippen LogP contribution in [-0.2, 0) is 22.6 Å². The number of carbonyl (C=O) groups is 2. The van der Waals surface area contributed by atoms with Crippen LogP contribution in [0.5, 0.6) is 5.75 Å². The van der Waals surface area contributed by atoms with E-state index in [1.54, 1.807) is 17.0 Å². The van der Waals surface area contributed by atoms with Crippen molar-refractivity contribution in [3.8, 4) is 16.9 Å². The van der Waals surface area contributed by atoms with Gasteiger partial charge in [0.15, 0.2) is 5.13 Å². The summed E-state index contributed by atoms with van der Waals surface area (Å²) in [5.74, 6) is 0.184. The second kappa shape index (κ2) is 9.28. The van der Waals surface area contributed by atoms with Crippen molar-refractivity contribution in [3.63, 3.8) is 0 Å². The molecule has 3 aromatic rings. The monoisotopic (exact) mass is 499 g/mol. The lowest BCUT2D eigenvalue weighted by atomic mass is 10.0. The highest BCUT2D eigenvalue weighted by Gasteiger charge is 2.33. The number of nitrogens with zero attached hydrogens (tertiary/aromatic N) is 4. The quantitative estimate of drug-likeness (QED) is 0.533. The molecular weight excluding hydrogens is 478 g/mol. The van der Waals surface area contributed by atoms with E-state index in [4.69, 9.17) is 21.1 Å². The smallest absolute Gasteiger partial charge is 0.259 e. The summed E-state index contributed by atoms with van der Waals surface area (Å²) < 4.78 is 10.8. The van der Waals surface area contributed by atoms with Gasteiger partial charge in [-0.15, -0.1) is 0 Å². The molecule has 9 nitrogen and oxygen atoms in total. The summed E-state index contributed by atoms with van der Waals surface area (Å²) in [6, 6.07) is 3.46. The van der Waals surface area contributed by atoms with Crippen molar-refractivity contribution in [2.24, 2.45) is 5.92 Å². The number of ether oxygens (including phenoxy) is 2. The standard InChI is InChI=1S/C23H22ClN5O4S/c1-12-5-14(15-6-20(24)26-8-18(15)32-2)16(7-25-12)21(30)28-23-27-17-9-29(10-19(17)34-23)22(31)13-3-4-33-11-13/h5-8,13H,3-4,9-11H2,1-2H3,(H,27,28,30)/t13-/m1/s1. The Balaban J connectivity index is 1.36. The van der Waals surface area contributed by atoms with Gasteiger partial charge in [-0.25, -0.2) is 9.97 Å². The summed E-state index contributed by atoms with van der Waals surface area (Å²) in [6.07, 6.45) is 3.81. The maximum atomic E-state index is 13.2. The van der Waals surface area contributed by atoms with Crippen molar-refractivity contribution in [2.45, 2.75) is 26.4 Å². The number of hydrogen-bond donors (Lipinski definition) is 1. The minimum atomic E-state index is -0.346. The molecule has 1 saturated heterocycles. The zero-order valence-electron chi connectivity index (χ0n) is 18.6. The van der Waals surface area contributed by atoms with Gasteiger partial charge in [0.2, 0.25) is 5.91 Å². The van der Waals surface area contributed by atoms with Crippen LogP contribution >= 0.6 is 22.9 Å². The van der Waals surface area contributed by atoms with Gasteiger partial charge in [0, 0.05) is 29.6 Å². The zero-order valence-corrected chi connectivity index (χ0v) is 20.2. The molecule has 0 spiro atoms. The van der Waals surface area contributed by atoms with Gasteiger partial charge in [0.1, 0.15) is 10.9 Å². The number of carbonyl (C=O) groups excluding carboxylic acids is 2. The second-order valence-corrected chi connectivity index (χ2v) is 9.65. The van der Waals surface area contributed by atoms with Crippen molar-refractivity contribution in [1.29, 1.82) is 0 Å². The predicted octanol–water partition coefficient (Wildman–Crippen LogP) is 3.70. The Bertz CT molecular complexity index is 1250. The predicted molar refractivity (Wildman–Crippen MR) is 127 cm³/mol. The van der Waals surface area contributed by atoms with Crippen molar-refractivity contribution >= 4 is 39.9 Å². The lowest BCUT2D eigenvalue weighted by Crippen LogP contribution is -2.32. The van der Waals surface area contributed by atoms with Gasteiger partial charge in [0.05, 0.1) is 55.1 Å². The third-order valence-corrected chi connectivity index (χ3v) is 7.10. The second-order valence-electron chi connectivity index (χ2n) is 8.18. The number of halogens is 1. The molecule has 3 aromatic heterocycles. The number of fused-ring (bicyclic) bond motifs is 1. The van der Waals surface area contributed by atoms with E-state index in [1.807, 2.05) is 6.92 Å². The van der Waals surface area contributed by atoms with E-state index in [9.17, 15) is 9.59 Å². The first-order valence-electron chi connectivity index (χ1n) is 10.8.